The van der Waals surface area contributed by atoms with Crippen molar-refractivity contribution in [2.75, 3.05) is 5.32 Å². The SMILES string of the molecule is Cc1ccc([N+](=O)[O-])cc1NC(=O)CC(N)C1CC1. The second-order valence-corrected chi connectivity index (χ2v) is 5.01. The lowest BCUT2D eigenvalue weighted by Crippen LogP contribution is -2.29. The number of hydrogen-bond donors (Lipinski definition) is 2. The normalized spacial score (nSPS) is 15.9. The number of nitrogens with one attached hydrogen (secondary N) is 1. The largest absolute Gasteiger partial charge is 0.327 e. The standard InChI is InChI=1S/C13H17N3O3/c1-8-2-5-10(16(18)19)6-12(8)15-13(17)7-11(14)9-3-4-9/h2,5-6,9,11H,3-4,7,14H2,1H3,(H,15,17). The molecule has 1 saturated carbocycles. The molecule has 2 rings (SSSR count). The molecule has 6 heteroatoms. The molecule has 0 aromatic heterocycles. The summed E-state index contributed by atoms with van der Waals surface area (Å²) in [6.07, 6.45) is 2.43. The highest BCUT2D eigenvalue weighted by Gasteiger charge is 2.29. The molecule has 1 atom stereocenters. The summed E-state index contributed by atoms with van der Waals surface area (Å²) in [5, 5.41) is 13.4. The first-order valence-corrected chi connectivity index (χ1v) is 6.28. The van der Waals surface area contributed by atoms with E-state index in [9.17, 15) is 14.9 Å². The summed E-state index contributed by atoms with van der Waals surface area (Å²) in [5.41, 5.74) is 7.11. The third-order valence-corrected chi connectivity index (χ3v) is 3.35. The van der Waals surface area contributed by atoms with Gasteiger partial charge in [-0.1, -0.05) is 6.07 Å². The molecule has 6 nitrogen and oxygen atoms in total. The van der Waals surface area contributed by atoms with Gasteiger partial charge in [0.2, 0.25) is 5.91 Å². The number of amides is 1. The maximum absolute atomic E-state index is 11.8. The zero-order valence-electron chi connectivity index (χ0n) is 10.8. The van der Waals surface area contributed by atoms with E-state index in [1.54, 1.807) is 13.0 Å². The number of carbonyl (C=O) groups excluding carboxylic acids is 1. The highest BCUT2D eigenvalue weighted by Crippen LogP contribution is 2.33. The summed E-state index contributed by atoms with van der Waals surface area (Å²) in [4.78, 5) is 22.0. The highest BCUT2D eigenvalue weighted by atomic mass is 16.6. The second kappa shape index (κ2) is 5.36. The van der Waals surface area contributed by atoms with Crippen molar-refractivity contribution < 1.29 is 9.72 Å². The van der Waals surface area contributed by atoms with Crippen LogP contribution in [0.2, 0.25) is 0 Å². The van der Waals surface area contributed by atoms with Crippen molar-refractivity contribution in [3.63, 3.8) is 0 Å². The van der Waals surface area contributed by atoms with E-state index in [1.165, 1.54) is 12.1 Å². The monoisotopic (exact) mass is 263 g/mol. The van der Waals surface area contributed by atoms with Gasteiger partial charge in [-0.3, -0.25) is 14.9 Å². The van der Waals surface area contributed by atoms with Crippen LogP contribution in [0.15, 0.2) is 18.2 Å². The minimum absolute atomic E-state index is 0.0348. The van der Waals surface area contributed by atoms with Gasteiger partial charge in [0.1, 0.15) is 0 Å². The maximum Gasteiger partial charge on any atom is 0.271 e. The molecule has 3 N–H and O–H groups in total. The highest BCUT2D eigenvalue weighted by molar-refractivity contribution is 5.92. The van der Waals surface area contributed by atoms with Gasteiger partial charge in [-0.25, -0.2) is 0 Å². The summed E-state index contributed by atoms with van der Waals surface area (Å²) in [6.45, 7) is 1.79. The van der Waals surface area contributed by atoms with E-state index in [4.69, 9.17) is 5.73 Å². The Morgan fingerprint density at radius 3 is 2.84 bits per heavy atom. The Morgan fingerprint density at radius 2 is 2.26 bits per heavy atom. The predicted octanol–water partition coefficient (Wildman–Crippen LogP) is 1.97. The summed E-state index contributed by atoms with van der Waals surface area (Å²) >= 11 is 0. The molecular weight excluding hydrogens is 246 g/mol. The Kier molecular flexibility index (Phi) is 3.80. The number of nitro groups is 1. The smallest absolute Gasteiger partial charge is 0.271 e. The third kappa shape index (κ3) is 3.51. The van der Waals surface area contributed by atoms with E-state index in [0.717, 1.165) is 18.4 Å². The Hall–Kier alpha value is -1.95. The van der Waals surface area contributed by atoms with E-state index >= 15 is 0 Å². The van der Waals surface area contributed by atoms with Crippen LogP contribution in [0.3, 0.4) is 0 Å². The van der Waals surface area contributed by atoms with Gasteiger partial charge in [0.05, 0.1) is 10.6 Å². The molecule has 0 bridgehead atoms. The number of benzene rings is 1. The molecule has 1 aromatic carbocycles. The molecule has 1 aliphatic carbocycles. The molecule has 102 valence electrons. The molecule has 1 fully saturated rings. The number of anilines is 1. The topological polar surface area (TPSA) is 98.3 Å². The maximum atomic E-state index is 11.8. The van der Waals surface area contributed by atoms with E-state index in [1.807, 2.05) is 0 Å². The van der Waals surface area contributed by atoms with E-state index in [2.05, 4.69) is 5.32 Å². The molecule has 0 saturated heterocycles. The Labute approximate surface area is 111 Å². The van der Waals surface area contributed by atoms with Gasteiger partial charge in [-0.2, -0.15) is 0 Å². The Morgan fingerprint density at radius 1 is 1.58 bits per heavy atom. The predicted molar refractivity (Wildman–Crippen MR) is 71.8 cm³/mol. The quantitative estimate of drug-likeness (QED) is 0.626. The van der Waals surface area contributed by atoms with Gasteiger partial charge in [-0.05, 0) is 31.2 Å². The minimum atomic E-state index is -0.481. The number of aryl methyl sites for hydroxylation is 1. The molecule has 1 unspecified atom stereocenters. The molecule has 0 aliphatic heterocycles. The van der Waals surface area contributed by atoms with Crippen LogP contribution in [0.4, 0.5) is 11.4 Å². The van der Waals surface area contributed by atoms with Crippen molar-refractivity contribution in [3.05, 3.63) is 33.9 Å². The lowest BCUT2D eigenvalue weighted by atomic mass is 10.1. The number of hydrogen-bond acceptors (Lipinski definition) is 4. The average Bonchev–Trinajstić information content (AvgIpc) is 3.15. The molecule has 19 heavy (non-hydrogen) atoms. The first kappa shape index (κ1) is 13.5. The van der Waals surface area contributed by atoms with Gasteiger partial charge < -0.3 is 11.1 Å². The first-order valence-electron chi connectivity index (χ1n) is 6.28. The van der Waals surface area contributed by atoms with Crippen LogP contribution in [0.1, 0.15) is 24.8 Å². The lowest BCUT2D eigenvalue weighted by Gasteiger charge is -2.12. The molecule has 1 aromatic rings. The van der Waals surface area contributed by atoms with Crippen LogP contribution < -0.4 is 11.1 Å². The Balaban J connectivity index is 2.02. The number of non-ortho nitro benzene ring substituents is 1. The Bertz CT molecular complexity index is 512. The molecule has 1 amide bonds. The molecule has 0 heterocycles. The fourth-order valence-corrected chi connectivity index (χ4v) is 1.96. The van der Waals surface area contributed by atoms with Crippen molar-refractivity contribution in [1.82, 2.24) is 0 Å². The van der Waals surface area contributed by atoms with Crippen molar-refractivity contribution >= 4 is 17.3 Å². The van der Waals surface area contributed by atoms with Crippen LogP contribution in [0.5, 0.6) is 0 Å². The molecule has 0 spiro atoms. The van der Waals surface area contributed by atoms with E-state index in [0.29, 0.717) is 11.6 Å². The van der Waals surface area contributed by atoms with Gasteiger partial charge in [0.15, 0.2) is 0 Å². The summed E-state index contributed by atoms with van der Waals surface area (Å²) in [7, 11) is 0. The molecule has 0 radical (unpaired) electrons. The number of nitro benzene ring substituents is 1. The number of nitrogens with two attached hydrogens (primary N) is 1. The molecular formula is C13H17N3O3. The van der Waals surface area contributed by atoms with Crippen LogP contribution in [-0.2, 0) is 4.79 Å². The molecule has 1 aliphatic rings. The van der Waals surface area contributed by atoms with Gasteiger partial charge >= 0.3 is 0 Å². The van der Waals surface area contributed by atoms with E-state index in [-0.39, 0.29) is 24.1 Å². The lowest BCUT2D eigenvalue weighted by molar-refractivity contribution is -0.384. The van der Waals surface area contributed by atoms with Crippen LogP contribution in [0.25, 0.3) is 0 Å². The number of carbonyl (C=O) groups is 1. The van der Waals surface area contributed by atoms with Crippen LogP contribution >= 0.6 is 0 Å². The van der Waals surface area contributed by atoms with Crippen molar-refractivity contribution in [3.8, 4) is 0 Å². The zero-order valence-corrected chi connectivity index (χ0v) is 10.8. The summed E-state index contributed by atoms with van der Waals surface area (Å²) in [6, 6.07) is 4.30. The average molecular weight is 263 g/mol. The van der Waals surface area contributed by atoms with Crippen LogP contribution in [-0.4, -0.2) is 16.9 Å². The number of nitrogens with zero attached hydrogens (tertiary/aromatic N) is 1. The minimum Gasteiger partial charge on any atom is -0.327 e. The number of rotatable bonds is 5. The van der Waals surface area contributed by atoms with Gasteiger partial charge in [0, 0.05) is 24.6 Å². The van der Waals surface area contributed by atoms with Gasteiger partial charge in [0.25, 0.3) is 5.69 Å². The van der Waals surface area contributed by atoms with Gasteiger partial charge in [-0.15, -0.1) is 0 Å². The van der Waals surface area contributed by atoms with E-state index < -0.39 is 4.92 Å². The summed E-state index contributed by atoms with van der Waals surface area (Å²) < 4.78 is 0. The summed E-state index contributed by atoms with van der Waals surface area (Å²) in [5.74, 6) is 0.264. The fraction of sp³-hybridized carbons (Fsp3) is 0.462. The van der Waals surface area contributed by atoms with Crippen LogP contribution in [0, 0.1) is 23.0 Å². The first-order chi connectivity index (χ1) is 8.97. The second-order valence-electron chi connectivity index (χ2n) is 5.01. The van der Waals surface area contributed by atoms with Crippen molar-refractivity contribution in [1.29, 1.82) is 0 Å². The zero-order chi connectivity index (χ0) is 14.0. The van der Waals surface area contributed by atoms with Crippen molar-refractivity contribution in [2.24, 2.45) is 11.7 Å². The fourth-order valence-electron chi connectivity index (χ4n) is 1.96. The van der Waals surface area contributed by atoms with Crippen molar-refractivity contribution in [2.45, 2.75) is 32.2 Å². The third-order valence-electron chi connectivity index (χ3n) is 3.35.